The van der Waals surface area contributed by atoms with E-state index in [4.69, 9.17) is 11.5 Å². The van der Waals surface area contributed by atoms with E-state index in [0.29, 0.717) is 46.0 Å². The van der Waals surface area contributed by atoms with Gasteiger partial charge < -0.3 is 131 Å². The maximum absolute atomic E-state index is 15.2. The number of nitrogens with one attached hydrogen (secondary N) is 14. The fraction of sp³-hybridized carbons (Fsp3) is 0.466. The molecule has 14 atom stereocenters. The molecule has 2 aliphatic heterocycles. The lowest BCUT2D eigenvalue weighted by atomic mass is 9.99. The number of carboxylic acids is 4. The van der Waals surface area contributed by atoms with Gasteiger partial charge in [-0.2, -0.15) is 0 Å². The lowest BCUT2D eigenvalue weighted by Crippen LogP contribution is -2.62. The highest BCUT2D eigenvalue weighted by atomic mass is 16.4. The molecule has 0 saturated carbocycles. The van der Waals surface area contributed by atoms with E-state index >= 15 is 14.4 Å². The topological polar surface area (TPSA) is 696 Å². The van der Waals surface area contributed by atoms with E-state index in [1.54, 1.807) is 117 Å². The van der Waals surface area contributed by atoms with Crippen LogP contribution in [0, 0.1) is 5.92 Å². The van der Waals surface area contributed by atoms with Gasteiger partial charge in [0.05, 0.1) is 37.8 Å². The van der Waals surface area contributed by atoms with Crippen LogP contribution in [0.1, 0.15) is 125 Å². The van der Waals surface area contributed by atoms with Gasteiger partial charge in [0.2, 0.25) is 82.7 Å². The van der Waals surface area contributed by atoms with Gasteiger partial charge >= 0.3 is 23.9 Å². The third kappa shape index (κ3) is 31.6. The number of aliphatic hydroxyl groups is 2. The van der Waals surface area contributed by atoms with Crippen LogP contribution >= 0.6 is 0 Å². The van der Waals surface area contributed by atoms with E-state index < -0.39 is 262 Å². The molecule has 4 aromatic carbocycles. The Morgan fingerprint density at radius 3 is 1.40 bits per heavy atom. The molecular weight excluding hydrogens is 1720 g/mol. The van der Waals surface area contributed by atoms with Gasteiger partial charge in [0.1, 0.15) is 84.3 Å². The molecular formula is C88H115N19O25. The smallest absolute Gasteiger partial charge is 0.326 e. The highest BCUT2D eigenvalue weighted by Gasteiger charge is 2.43. The Balaban J connectivity index is 0.989. The van der Waals surface area contributed by atoms with Crippen LogP contribution in [0.2, 0.25) is 0 Å². The van der Waals surface area contributed by atoms with Crippen LogP contribution in [0.4, 0.5) is 0 Å². The Kier molecular flexibility index (Phi) is 40.0. The maximum atomic E-state index is 15.2. The molecule has 44 heteroatoms. The molecule has 2 aromatic heterocycles. The van der Waals surface area contributed by atoms with Crippen molar-refractivity contribution in [1.29, 1.82) is 0 Å². The van der Waals surface area contributed by atoms with Gasteiger partial charge in [0.25, 0.3) is 0 Å². The van der Waals surface area contributed by atoms with Crippen molar-refractivity contribution in [3.63, 3.8) is 0 Å². The summed E-state index contributed by atoms with van der Waals surface area (Å²) in [5.74, 6) is -20.6. The predicted molar refractivity (Wildman–Crippen MR) is 468 cm³/mol. The zero-order valence-electron chi connectivity index (χ0n) is 72.7. The number of phenols is 1. The van der Waals surface area contributed by atoms with E-state index in [0.717, 1.165) is 9.80 Å². The fourth-order valence-corrected chi connectivity index (χ4v) is 15.1. The van der Waals surface area contributed by atoms with E-state index in [2.05, 4.69) is 78.8 Å². The number of nitrogens with zero attached hydrogens (tertiary/aromatic N) is 3. The number of aromatic nitrogens is 3. The lowest BCUT2D eigenvalue weighted by molar-refractivity contribution is -0.149. The summed E-state index contributed by atoms with van der Waals surface area (Å²) in [6, 6.07) is 6.65. The number of H-pyrrole nitrogens is 2. The van der Waals surface area contributed by atoms with E-state index in [-0.39, 0.29) is 88.9 Å². The monoisotopic (exact) mass is 1840 g/mol. The first-order chi connectivity index (χ1) is 63.0. The van der Waals surface area contributed by atoms with Gasteiger partial charge in [0, 0.05) is 81.3 Å². The zero-order valence-corrected chi connectivity index (χ0v) is 72.7. The number of carbonyl (C=O) groups excluding carboxylic acids is 14. The van der Waals surface area contributed by atoms with Gasteiger partial charge in [-0.15, -0.1) is 0 Å². The molecule has 0 unspecified atom stereocenters. The molecule has 0 bridgehead atoms. The molecule has 2 fully saturated rings. The number of unbranched alkanes of at least 4 members (excludes halogenated alkanes) is 1. The number of aromatic amines is 2. The van der Waals surface area contributed by atoms with Gasteiger partial charge in [-0.05, 0) is 124 Å². The van der Waals surface area contributed by atoms with Crippen molar-refractivity contribution in [2.24, 2.45) is 17.4 Å². The number of likely N-dealkylation sites (tertiary alicyclic amines) is 2. The Morgan fingerprint density at radius 2 is 0.894 bits per heavy atom. The summed E-state index contributed by atoms with van der Waals surface area (Å²) in [5.41, 5.74) is 14.6. The minimum Gasteiger partial charge on any atom is -0.508 e. The molecule has 2 aliphatic rings. The fourth-order valence-electron chi connectivity index (χ4n) is 15.1. The summed E-state index contributed by atoms with van der Waals surface area (Å²) >= 11 is 0. The minimum atomic E-state index is -1.95. The highest BCUT2D eigenvalue weighted by molar-refractivity contribution is 6.01. The van der Waals surface area contributed by atoms with Gasteiger partial charge in [0.15, 0.2) is 0 Å². The summed E-state index contributed by atoms with van der Waals surface area (Å²) in [7, 11) is 0. The average molecular weight is 1840 g/mol. The number of hydrogen-bond acceptors (Lipinski definition) is 24. The van der Waals surface area contributed by atoms with Crippen molar-refractivity contribution < 1.29 is 122 Å². The average Bonchev–Trinajstić information content (AvgIpc) is 1.65. The van der Waals surface area contributed by atoms with Crippen LogP contribution in [-0.2, 0) is 118 Å². The molecule has 2 saturated heterocycles. The number of benzene rings is 4. The molecule has 6 aromatic rings. The second-order valence-electron chi connectivity index (χ2n) is 32.5. The zero-order chi connectivity index (χ0) is 96.3. The largest absolute Gasteiger partial charge is 0.508 e. The molecule has 0 radical (unpaired) electrons. The second-order valence-corrected chi connectivity index (χ2v) is 32.5. The first-order valence-corrected chi connectivity index (χ1v) is 43.2. The van der Waals surface area contributed by atoms with Crippen molar-refractivity contribution in [2.45, 2.75) is 214 Å². The number of para-hydroxylation sites is 1. The second kappa shape index (κ2) is 51.2. The molecule has 44 nitrogen and oxygen atoms in total. The normalized spacial score (nSPS) is 16.2. The number of amides is 14. The predicted octanol–water partition coefficient (Wildman–Crippen LogP) is -3.68. The molecule has 0 aliphatic carbocycles. The summed E-state index contributed by atoms with van der Waals surface area (Å²) < 4.78 is 0. The lowest BCUT2D eigenvalue weighted by Gasteiger charge is -2.31. The Hall–Kier alpha value is -14.3. The van der Waals surface area contributed by atoms with Crippen molar-refractivity contribution in [3.05, 3.63) is 156 Å². The Labute approximate surface area is 757 Å². The molecule has 8 rings (SSSR count). The molecule has 712 valence electrons. The molecule has 0 spiro atoms. The molecule has 25 N–H and O–H groups in total. The molecule has 4 heterocycles. The first-order valence-electron chi connectivity index (χ1n) is 43.2. The van der Waals surface area contributed by atoms with Gasteiger partial charge in [-0.25, -0.2) is 9.78 Å². The van der Waals surface area contributed by atoms with E-state index in [1.807, 2.05) is 0 Å². The first kappa shape index (κ1) is 103. The van der Waals surface area contributed by atoms with Crippen molar-refractivity contribution >= 4 is 117 Å². The van der Waals surface area contributed by atoms with Crippen molar-refractivity contribution in [3.8, 4) is 5.75 Å². The number of aromatic hydroxyl groups is 1. The van der Waals surface area contributed by atoms with Gasteiger partial charge in [-0.3, -0.25) is 81.5 Å². The quantitative estimate of drug-likeness (QED) is 0.0164. The summed E-state index contributed by atoms with van der Waals surface area (Å²) in [6.45, 7) is 0.248. The number of carboxylic acid groups (broad SMARTS) is 4. The number of aliphatic hydroxyl groups excluding tert-OH is 2. The number of hydrogen-bond donors (Lipinski definition) is 23. The SMILES string of the molecule is CC(C)[C@H](NC(=O)[C@@H](N)Cc1ccc(O)cc1)C(=O)N[C@@H](CCC(=O)O)C(=O)N[C@@H](Cc1ccccc1)C(=O)N[C@@H](Cc1c[nH]c2ccccc12)C(=O)N[C@@H](CO)C(=O)N[C@@H](Cc1c[nH]cn1)C(=O)N1CCC[C@H]1C(=O)N[C@@H](CCC(=O)O)C(=O)N[C@@H](Cc1ccccc1)C(=O)N[C@@H](CCC(=O)O)C(=O)N[C@@H](CCCCN)C(=O)NCC(=O)N[C@@H](CO)C(=O)N1CCC[C@H]1C(=O)O. The van der Waals surface area contributed by atoms with Crippen LogP contribution in [0.15, 0.2) is 128 Å². The van der Waals surface area contributed by atoms with Crippen LogP contribution in [0.25, 0.3) is 10.9 Å². The van der Waals surface area contributed by atoms with Crippen LogP contribution < -0.4 is 75.3 Å². The number of imidazole rings is 1. The van der Waals surface area contributed by atoms with Crippen molar-refractivity contribution in [2.75, 3.05) is 39.4 Å². The maximum Gasteiger partial charge on any atom is 0.326 e. The third-order valence-corrected chi connectivity index (χ3v) is 22.3. The van der Waals surface area contributed by atoms with Gasteiger partial charge in [-0.1, -0.05) is 105 Å². The van der Waals surface area contributed by atoms with E-state index in [9.17, 15) is 108 Å². The number of fused-ring (bicyclic) bond motifs is 1. The molecule has 14 amide bonds. The van der Waals surface area contributed by atoms with Crippen LogP contribution in [0.3, 0.4) is 0 Å². The van der Waals surface area contributed by atoms with Crippen LogP contribution in [-0.4, -0.2) is 291 Å². The number of phenolic OH excluding ortho intramolecular Hbond substituents is 1. The van der Waals surface area contributed by atoms with Crippen molar-refractivity contribution in [1.82, 2.24) is 88.6 Å². The number of rotatable bonds is 53. The summed E-state index contributed by atoms with van der Waals surface area (Å²) in [6.07, 6.45) is -0.383. The Morgan fingerprint density at radius 1 is 0.447 bits per heavy atom. The number of carbonyl (C=O) groups is 18. The van der Waals surface area contributed by atoms with Crippen LogP contribution in [0.5, 0.6) is 5.75 Å². The van der Waals surface area contributed by atoms with E-state index in [1.165, 1.54) is 24.7 Å². The standard InChI is InChI=1S/C88H115N19O25/c1-48(2)74(105-75(118)56(90)37-51-24-26-54(110)27-25-51)85(128)99-61(30-33-73(116)117)79(122)101-63(39-50-17-7-4-8-18-50)81(124)102-64(40-52-42-92-57-20-10-9-19-55(52)57)82(125)104-66(45-108)83(126)103-65(41-53-43-91-47-94-53)86(129)106-35-13-22-68(106)84(127)98-60(29-32-72(114)115)78(121)100-62(38-49-15-5-3-6-16-49)80(123)97-59(28-31-71(112)113)77(120)96-58(21-11-12-34-89)76(119)93-44-70(111)95-67(46-109)87(130)107-36-14-23-69(107)88(131)132/h3-10,15-20,24-27,42-43,47-48,56,58-69,74,92,108-110H,11-14,21-23,28-41,44-46,89-90H2,1-2H3,(H,91,94)(H,93,119)(H,95,111)(H,96,120)(H,97,123)(H,98,127)(H,99,128)(H,100,121)(H,101,122)(H,102,124)(H,103,126)(H,104,125)(H,105,118)(H,112,113)(H,114,115)(H,116,117)(H,131,132)/t56-,58-,59-,60-,61-,62-,63-,64-,65-,66-,67-,68-,69-,74-/m0/s1. The molecule has 132 heavy (non-hydrogen) atoms. The minimum absolute atomic E-state index is 0.000665. The summed E-state index contributed by atoms with van der Waals surface area (Å²) in [4.78, 5) is 262. The number of aliphatic carboxylic acids is 4. The summed E-state index contributed by atoms with van der Waals surface area (Å²) in [5, 5.41) is 101. The third-order valence-electron chi connectivity index (χ3n) is 22.3. The highest BCUT2D eigenvalue weighted by Crippen LogP contribution is 2.25. The Bertz CT molecular complexity index is 5000. The number of nitrogens with two attached hydrogens (primary N) is 2.